The van der Waals surface area contributed by atoms with Crippen LogP contribution in [0.2, 0.25) is 0 Å². The summed E-state index contributed by atoms with van der Waals surface area (Å²) in [5.41, 5.74) is 1.12. The van der Waals surface area contributed by atoms with Crippen LogP contribution in [0, 0.1) is 11.8 Å². The zero-order chi connectivity index (χ0) is 28.2. The molecule has 0 bridgehead atoms. The van der Waals surface area contributed by atoms with Gasteiger partial charge in [0.15, 0.2) is 5.13 Å². The number of ether oxygens (including phenoxy) is 2. The first-order valence-corrected chi connectivity index (χ1v) is 15.9. The second-order valence-electron chi connectivity index (χ2n) is 10.7. The molecule has 4 rings (SSSR count). The topological polar surface area (TPSA) is 89.0 Å². The largest absolute Gasteiger partial charge is 0.492 e. The summed E-state index contributed by atoms with van der Waals surface area (Å²) in [5, 5.41) is 0.564. The third kappa shape index (κ3) is 6.98. The van der Waals surface area contributed by atoms with Gasteiger partial charge in [-0.1, -0.05) is 45.1 Å². The monoisotopic (exact) mass is 573 g/mol. The Balaban J connectivity index is 1.65. The zero-order valence-electron chi connectivity index (χ0n) is 23.4. The fourth-order valence-corrected chi connectivity index (χ4v) is 7.46. The highest BCUT2D eigenvalue weighted by molar-refractivity contribution is 7.89. The molecule has 0 saturated carbocycles. The summed E-state index contributed by atoms with van der Waals surface area (Å²) in [6.45, 7) is 12.4. The Hall–Kier alpha value is -2.53. The molecule has 1 unspecified atom stereocenters. The number of sulfonamides is 1. The fourth-order valence-electron chi connectivity index (χ4n) is 4.70. The van der Waals surface area contributed by atoms with Crippen molar-refractivity contribution in [3.8, 4) is 5.75 Å². The minimum atomic E-state index is -3.69. The highest BCUT2D eigenvalue weighted by atomic mass is 32.2. The van der Waals surface area contributed by atoms with Crippen molar-refractivity contribution in [3.63, 3.8) is 0 Å². The maximum absolute atomic E-state index is 13.9. The molecule has 1 amide bonds. The van der Waals surface area contributed by atoms with Crippen LogP contribution in [0.25, 0.3) is 10.2 Å². The van der Waals surface area contributed by atoms with Crippen LogP contribution in [0.4, 0.5) is 5.13 Å². The molecule has 1 fully saturated rings. The van der Waals surface area contributed by atoms with Crippen LogP contribution in [0.15, 0.2) is 47.4 Å². The molecule has 212 valence electrons. The minimum absolute atomic E-state index is 0.0763. The Bertz CT molecular complexity index is 1350. The fraction of sp³-hybridized carbons (Fsp3) is 0.517. The van der Waals surface area contributed by atoms with E-state index in [1.165, 1.54) is 23.5 Å². The van der Waals surface area contributed by atoms with E-state index in [0.717, 1.165) is 23.1 Å². The number of amides is 1. The van der Waals surface area contributed by atoms with Gasteiger partial charge in [-0.05, 0) is 68.0 Å². The van der Waals surface area contributed by atoms with E-state index >= 15 is 0 Å². The van der Waals surface area contributed by atoms with Crippen LogP contribution < -0.4 is 9.64 Å². The van der Waals surface area contributed by atoms with Crippen molar-refractivity contribution in [2.24, 2.45) is 11.8 Å². The lowest BCUT2D eigenvalue weighted by atomic mass is 10.2. The molecular weight excluding hydrogens is 534 g/mol. The van der Waals surface area contributed by atoms with Crippen molar-refractivity contribution in [1.29, 1.82) is 0 Å². The van der Waals surface area contributed by atoms with Crippen LogP contribution in [0.1, 0.15) is 57.8 Å². The SMILES string of the molecule is CCOc1cccc2sc(N(CC3CCCO3)C(=O)c3ccc(S(=O)(=O)N(CC(C)C)CC(C)C)cc3)nc12. The third-order valence-corrected chi connectivity index (χ3v) is 9.32. The van der Waals surface area contributed by atoms with Gasteiger partial charge in [0.2, 0.25) is 10.0 Å². The summed E-state index contributed by atoms with van der Waals surface area (Å²) in [7, 11) is -3.69. The Morgan fingerprint density at radius 1 is 1.10 bits per heavy atom. The number of hydrogen-bond acceptors (Lipinski definition) is 7. The molecule has 0 aliphatic carbocycles. The molecule has 1 aliphatic heterocycles. The van der Waals surface area contributed by atoms with Crippen LogP contribution in [-0.4, -0.2) is 62.6 Å². The van der Waals surface area contributed by atoms with Gasteiger partial charge in [-0.15, -0.1) is 0 Å². The molecule has 0 N–H and O–H groups in total. The summed E-state index contributed by atoms with van der Waals surface area (Å²) in [4.78, 5) is 20.5. The first-order valence-electron chi connectivity index (χ1n) is 13.7. The number of carbonyl (C=O) groups excluding carboxylic acids is 1. The highest BCUT2D eigenvalue weighted by Crippen LogP contribution is 2.35. The number of fused-ring (bicyclic) bond motifs is 1. The third-order valence-electron chi connectivity index (χ3n) is 6.43. The van der Waals surface area contributed by atoms with E-state index in [2.05, 4.69) is 0 Å². The number of para-hydroxylation sites is 1. The Morgan fingerprint density at radius 3 is 2.38 bits per heavy atom. The van der Waals surface area contributed by atoms with Crippen molar-refractivity contribution in [1.82, 2.24) is 9.29 Å². The first kappa shape index (κ1) is 29.5. The van der Waals surface area contributed by atoms with Gasteiger partial charge in [-0.2, -0.15) is 4.31 Å². The number of thiazole rings is 1. The number of anilines is 1. The van der Waals surface area contributed by atoms with Gasteiger partial charge < -0.3 is 9.47 Å². The lowest BCUT2D eigenvalue weighted by Crippen LogP contribution is -2.38. The van der Waals surface area contributed by atoms with E-state index in [1.54, 1.807) is 21.3 Å². The number of benzene rings is 2. The Kier molecular flexibility index (Phi) is 9.64. The molecule has 1 aromatic heterocycles. The summed E-state index contributed by atoms with van der Waals surface area (Å²) in [6.07, 6.45) is 1.75. The first-order chi connectivity index (χ1) is 18.6. The zero-order valence-corrected chi connectivity index (χ0v) is 25.1. The van der Waals surface area contributed by atoms with Crippen LogP contribution >= 0.6 is 11.3 Å². The normalized spacial score (nSPS) is 16.1. The molecule has 1 saturated heterocycles. The van der Waals surface area contributed by atoms with Crippen molar-refractivity contribution in [2.45, 2.75) is 58.5 Å². The second kappa shape index (κ2) is 12.8. The summed E-state index contributed by atoms with van der Waals surface area (Å²) in [6, 6.07) is 12.0. The molecule has 10 heteroatoms. The summed E-state index contributed by atoms with van der Waals surface area (Å²) >= 11 is 1.43. The molecule has 1 aliphatic rings. The average Bonchev–Trinajstić information content (AvgIpc) is 3.56. The molecule has 0 spiro atoms. The van der Waals surface area contributed by atoms with Gasteiger partial charge in [-0.25, -0.2) is 13.4 Å². The number of nitrogens with zero attached hydrogens (tertiary/aromatic N) is 3. The van der Waals surface area contributed by atoms with Gasteiger partial charge in [0.05, 0.1) is 28.9 Å². The maximum atomic E-state index is 13.9. The number of rotatable bonds is 12. The lowest BCUT2D eigenvalue weighted by molar-refractivity contribution is 0.0917. The summed E-state index contributed by atoms with van der Waals surface area (Å²) < 4.78 is 41.0. The van der Waals surface area contributed by atoms with E-state index in [4.69, 9.17) is 14.5 Å². The Morgan fingerprint density at radius 2 is 1.79 bits per heavy atom. The molecule has 2 aromatic carbocycles. The van der Waals surface area contributed by atoms with E-state index in [9.17, 15) is 13.2 Å². The van der Waals surface area contributed by atoms with E-state index in [-0.39, 0.29) is 28.7 Å². The molecule has 8 nitrogen and oxygen atoms in total. The molecule has 1 atom stereocenters. The molecule has 2 heterocycles. The maximum Gasteiger partial charge on any atom is 0.260 e. The molecule has 39 heavy (non-hydrogen) atoms. The van der Waals surface area contributed by atoms with Crippen molar-refractivity contribution in [3.05, 3.63) is 48.0 Å². The quantitative estimate of drug-likeness (QED) is 0.271. The average molecular weight is 574 g/mol. The van der Waals surface area contributed by atoms with Gasteiger partial charge in [0.1, 0.15) is 11.3 Å². The van der Waals surface area contributed by atoms with E-state index in [1.807, 2.05) is 52.8 Å². The number of hydrogen-bond donors (Lipinski definition) is 0. The number of aromatic nitrogens is 1. The van der Waals surface area contributed by atoms with Crippen molar-refractivity contribution >= 4 is 42.6 Å². The van der Waals surface area contributed by atoms with Crippen molar-refractivity contribution < 1.29 is 22.7 Å². The van der Waals surface area contributed by atoms with Gasteiger partial charge in [0, 0.05) is 25.3 Å². The predicted molar refractivity (Wildman–Crippen MR) is 156 cm³/mol. The van der Waals surface area contributed by atoms with Gasteiger partial charge in [0.25, 0.3) is 5.91 Å². The van der Waals surface area contributed by atoms with Crippen LogP contribution in [0.3, 0.4) is 0 Å². The lowest BCUT2D eigenvalue weighted by Gasteiger charge is -2.26. The Labute approximate surface area is 236 Å². The smallest absolute Gasteiger partial charge is 0.260 e. The highest BCUT2D eigenvalue weighted by Gasteiger charge is 2.29. The predicted octanol–water partition coefficient (Wildman–Crippen LogP) is 5.82. The van der Waals surface area contributed by atoms with Gasteiger partial charge in [-0.3, -0.25) is 9.69 Å². The molecule has 0 radical (unpaired) electrons. The minimum Gasteiger partial charge on any atom is -0.492 e. The number of carbonyl (C=O) groups is 1. The standard InChI is InChI=1S/C29H39N3O5S2/c1-6-36-25-10-7-11-26-27(25)30-29(38-26)32(19-23-9-8-16-37-23)28(33)22-12-14-24(15-13-22)39(34,35)31(17-20(2)3)18-21(4)5/h7,10-15,20-21,23H,6,8-9,16-19H2,1-5H3. The van der Waals surface area contributed by atoms with Crippen LogP contribution in [-0.2, 0) is 14.8 Å². The van der Waals surface area contributed by atoms with E-state index in [0.29, 0.717) is 49.3 Å². The van der Waals surface area contributed by atoms with Crippen molar-refractivity contribution in [2.75, 3.05) is 37.7 Å². The van der Waals surface area contributed by atoms with Gasteiger partial charge >= 0.3 is 0 Å². The van der Waals surface area contributed by atoms with Crippen LogP contribution in [0.5, 0.6) is 5.75 Å². The second-order valence-corrected chi connectivity index (χ2v) is 13.7. The molecule has 3 aromatic rings. The molecular formula is C29H39N3O5S2. The van der Waals surface area contributed by atoms with E-state index < -0.39 is 10.0 Å². The summed E-state index contributed by atoms with van der Waals surface area (Å²) in [5.74, 6) is 0.835.